The highest BCUT2D eigenvalue weighted by atomic mass is 32.2. The van der Waals surface area contributed by atoms with Crippen LogP contribution in [0.15, 0.2) is 47.4 Å². The number of amides is 1. The summed E-state index contributed by atoms with van der Waals surface area (Å²) in [7, 11) is -3.55. The van der Waals surface area contributed by atoms with Gasteiger partial charge in [0.25, 0.3) is 5.91 Å². The smallest absolute Gasteiger partial charge is 0.255 e. The SMILES string of the molecule is Cc1cc(C)cc(NC(=O)c2cccc(S(=O)(=O)N3CCCCC3)c2)c1. The van der Waals surface area contributed by atoms with Crippen LogP contribution in [-0.2, 0) is 10.0 Å². The van der Waals surface area contributed by atoms with Crippen molar-refractivity contribution >= 4 is 21.6 Å². The van der Waals surface area contributed by atoms with Crippen LogP contribution in [0.5, 0.6) is 0 Å². The van der Waals surface area contributed by atoms with Crippen molar-refractivity contribution in [2.45, 2.75) is 38.0 Å². The van der Waals surface area contributed by atoms with Crippen molar-refractivity contribution in [1.82, 2.24) is 4.31 Å². The number of piperidine rings is 1. The van der Waals surface area contributed by atoms with Gasteiger partial charge in [-0.1, -0.05) is 18.6 Å². The van der Waals surface area contributed by atoms with Crippen molar-refractivity contribution in [2.75, 3.05) is 18.4 Å². The lowest BCUT2D eigenvalue weighted by atomic mass is 10.1. The lowest BCUT2D eigenvalue weighted by molar-refractivity contribution is 0.102. The predicted molar refractivity (Wildman–Crippen MR) is 103 cm³/mol. The fourth-order valence-electron chi connectivity index (χ4n) is 3.30. The van der Waals surface area contributed by atoms with E-state index in [0.29, 0.717) is 24.3 Å². The van der Waals surface area contributed by atoms with E-state index in [9.17, 15) is 13.2 Å². The Morgan fingerprint density at radius 1 is 0.962 bits per heavy atom. The number of sulfonamides is 1. The van der Waals surface area contributed by atoms with E-state index < -0.39 is 10.0 Å². The minimum atomic E-state index is -3.55. The fourth-order valence-corrected chi connectivity index (χ4v) is 4.87. The highest BCUT2D eigenvalue weighted by molar-refractivity contribution is 7.89. The van der Waals surface area contributed by atoms with Gasteiger partial charge in [-0.2, -0.15) is 4.31 Å². The number of carbonyl (C=O) groups excluding carboxylic acids is 1. The van der Waals surface area contributed by atoms with E-state index >= 15 is 0 Å². The van der Waals surface area contributed by atoms with Crippen LogP contribution in [0.2, 0.25) is 0 Å². The molecular formula is C20H24N2O3S. The lowest BCUT2D eigenvalue weighted by Crippen LogP contribution is -2.35. The van der Waals surface area contributed by atoms with E-state index in [4.69, 9.17) is 0 Å². The fraction of sp³-hybridized carbons (Fsp3) is 0.350. The van der Waals surface area contributed by atoms with Gasteiger partial charge in [-0.05, 0) is 68.1 Å². The van der Waals surface area contributed by atoms with E-state index in [1.165, 1.54) is 10.4 Å². The van der Waals surface area contributed by atoms with Crippen LogP contribution in [0.1, 0.15) is 40.7 Å². The number of benzene rings is 2. The zero-order chi connectivity index (χ0) is 18.7. The monoisotopic (exact) mass is 372 g/mol. The normalized spacial score (nSPS) is 15.6. The second-order valence-electron chi connectivity index (χ2n) is 6.82. The Bertz CT molecular complexity index is 896. The van der Waals surface area contributed by atoms with Crippen molar-refractivity contribution < 1.29 is 13.2 Å². The number of rotatable bonds is 4. The Morgan fingerprint density at radius 2 is 1.62 bits per heavy atom. The minimum absolute atomic E-state index is 0.174. The van der Waals surface area contributed by atoms with E-state index in [2.05, 4.69) is 5.32 Å². The number of nitrogens with zero attached hydrogens (tertiary/aromatic N) is 1. The van der Waals surface area contributed by atoms with Crippen molar-refractivity contribution in [3.63, 3.8) is 0 Å². The van der Waals surface area contributed by atoms with Gasteiger partial charge >= 0.3 is 0 Å². The van der Waals surface area contributed by atoms with Gasteiger partial charge in [0.1, 0.15) is 0 Å². The molecule has 1 aliphatic heterocycles. The Hall–Kier alpha value is -2.18. The quantitative estimate of drug-likeness (QED) is 0.889. The molecule has 138 valence electrons. The average Bonchev–Trinajstić information content (AvgIpc) is 2.61. The topological polar surface area (TPSA) is 66.5 Å². The zero-order valence-corrected chi connectivity index (χ0v) is 16.0. The first kappa shape index (κ1) is 18.6. The summed E-state index contributed by atoms with van der Waals surface area (Å²) in [6.07, 6.45) is 2.82. The van der Waals surface area contributed by atoms with Gasteiger partial charge in [-0.25, -0.2) is 8.42 Å². The molecule has 1 fully saturated rings. The maximum Gasteiger partial charge on any atom is 0.255 e. The first-order valence-electron chi connectivity index (χ1n) is 8.86. The van der Waals surface area contributed by atoms with Gasteiger partial charge in [0.15, 0.2) is 0 Å². The number of anilines is 1. The molecule has 5 nitrogen and oxygen atoms in total. The molecule has 0 radical (unpaired) electrons. The molecule has 1 N–H and O–H groups in total. The maximum absolute atomic E-state index is 12.8. The third-order valence-corrected chi connectivity index (χ3v) is 6.42. The van der Waals surface area contributed by atoms with Gasteiger partial charge in [0.05, 0.1) is 4.90 Å². The Balaban J connectivity index is 1.83. The summed E-state index contributed by atoms with van der Waals surface area (Å²) in [6, 6.07) is 12.1. The maximum atomic E-state index is 12.8. The zero-order valence-electron chi connectivity index (χ0n) is 15.2. The predicted octanol–water partition coefficient (Wildman–Crippen LogP) is 3.73. The molecule has 1 amide bonds. The van der Waals surface area contributed by atoms with Gasteiger partial charge in [0.2, 0.25) is 10.0 Å². The summed E-state index contributed by atoms with van der Waals surface area (Å²) in [4.78, 5) is 12.7. The minimum Gasteiger partial charge on any atom is -0.322 e. The van der Waals surface area contributed by atoms with Gasteiger partial charge in [-0.15, -0.1) is 0 Å². The molecule has 3 rings (SSSR count). The van der Waals surface area contributed by atoms with Gasteiger partial charge < -0.3 is 5.32 Å². The number of aryl methyl sites for hydroxylation is 2. The first-order chi connectivity index (χ1) is 12.4. The van der Waals surface area contributed by atoms with Gasteiger partial charge in [0, 0.05) is 24.3 Å². The molecule has 1 saturated heterocycles. The lowest BCUT2D eigenvalue weighted by Gasteiger charge is -2.26. The van der Waals surface area contributed by atoms with Crippen LogP contribution in [0.4, 0.5) is 5.69 Å². The van der Waals surface area contributed by atoms with Crippen molar-refractivity contribution in [1.29, 1.82) is 0 Å². The third-order valence-electron chi connectivity index (χ3n) is 4.53. The van der Waals surface area contributed by atoms with Gasteiger partial charge in [-0.3, -0.25) is 4.79 Å². The Labute approximate surface area is 155 Å². The molecule has 0 unspecified atom stereocenters. The van der Waals surface area contributed by atoms with E-state index in [1.54, 1.807) is 18.2 Å². The number of hydrogen-bond donors (Lipinski definition) is 1. The Morgan fingerprint density at radius 3 is 2.27 bits per heavy atom. The van der Waals surface area contributed by atoms with Crippen LogP contribution >= 0.6 is 0 Å². The van der Waals surface area contributed by atoms with E-state index in [1.807, 2.05) is 32.0 Å². The van der Waals surface area contributed by atoms with Crippen LogP contribution in [0.3, 0.4) is 0 Å². The molecule has 6 heteroatoms. The number of hydrogen-bond acceptors (Lipinski definition) is 3. The van der Waals surface area contributed by atoms with Crippen LogP contribution in [-0.4, -0.2) is 31.7 Å². The molecule has 1 heterocycles. The number of nitrogens with one attached hydrogen (secondary N) is 1. The summed E-state index contributed by atoms with van der Waals surface area (Å²) in [6.45, 7) is 5.02. The molecule has 0 bridgehead atoms. The largest absolute Gasteiger partial charge is 0.322 e. The van der Waals surface area contributed by atoms with E-state index in [-0.39, 0.29) is 10.8 Å². The standard InChI is InChI=1S/C20H24N2O3S/c1-15-11-16(2)13-18(12-15)21-20(23)17-7-6-8-19(14-17)26(24,25)22-9-4-3-5-10-22/h6-8,11-14H,3-5,9-10H2,1-2H3,(H,21,23). The summed E-state index contributed by atoms with van der Waals surface area (Å²) >= 11 is 0. The highest BCUT2D eigenvalue weighted by Gasteiger charge is 2.26. The Kier molecular flexibility index (Phi) is 5.44. The molecule has 0 spiro atoms. The number of carbonyl (C=O) groups is 1. The second-order valence-corrected chi connectivity index (χ2v) is 8.76. The van der Waals surface area contributed by atoms with Crippen LogP contribution in [0.25, 0.3) is 0 Å². The van der Waals surface area contributed by atoms with Crippen LogP contribution < -0.4 is 5.32 Å². The summed E-state index contributed by atoms with van der Waals surface area (Å²) < 4.78 is 27.1. The molecule has 0 atom stereocenters. The molecule has 0 aromatic heterocycles. The third kappa shape index (κ3) is 4.14. The molecule has 2 aromatic carbocycles. The second kappa shape index (κ2) is 7.60. The summed E-state index contributed by atoms with van der Waals surface area (Å²) in [5.41, 5.74) is 3.16. The van der Waals surface area contributed by atoms with Crippen molar-refractivity contribution in [3.05, 3.63) is 59.2 Å². The molecular weight excluding hydrogens is 348 g/mol. The van der Waals surface area contributed by atoms with Crippen molar-refractivity contribution in [3.8, 4) is 0 Å². The molecule has 2 aromatic rings. The van der Waals surface area contributed by atoms with Crippen molar-refractivity contribution in [2.24, 2.45) is 0 Å². The molecule has 0 aliphatic carbocycles. The highest BCUT2D eigenvalue weighted by Crippen LogP contribution is 2.22. The molecule has 1 aliphatic rings. The molecule has 0 saturated carbocycles. The average molecular weight is 372 g/mol. The first-order valence-corrected chi connectivity index (χ1v) is 10.3. The molecule has 26 heavy (non-hydrogen) atoms. The summed E-state index contributed by atoms with van der Waals surface area (Å²) in [5, 5.41) is 2.85. The van der Waals surface area contributed by atoms with Crippen LogP contribution in [0, 0.1) is 13.8 Å². The summed E-state index contributed by atoms with van der Waals surface area (Å²) in [5.74, 6) is -0.314. The van der Waals surface area contributed by atoms with E-state index in [0.717, 1.165) is 30.4 Å².